The summed E-state index contributed by atoms with van der Waals surface area (Å²) >= 11 is 0. The van der Waals surface area contributed by atoms with E-state index in [1.807, 2.05) is 45.0 Å². The molecule has 0 bridgehead atoms. The first-order valence-corrected chi connectivity index (χ1v) is 12.4. The third kappa shape index (κ3) is 7.07. The summed E-state index contributed by atoms with van der Waals surface area (Å²) in [6.45, 7) is 6.00. The third-order valence-electron chi connectivity index (χ3n) is 6.55. The maximum absolute atomic E-state index is 12.7. The molecule has 0 aliphatic heterocycles. The molecule has 3 N–H and O–H groups in total. The lowest BCUT2D eigenvalue weighted by molar-refractivity contribution is -0.138. The van der Waals surface area contributed by atoms with Gasteiger partial charge < -0.3 is 20.5 Å². The third-order valence-corrected chi connectivity index (χ3v) is 6.55. The SMILES string of the molecule is CCCC[C@H](CC(=O)N[C@H](CC(=O)O)C(C)C)NC(=O)OCC1c2ccccc2-c2ccccc21. The summed E-state index contributed by atoms with van der Waals surface area (Å²) in [7, 11) is 0. The molecule has 35 heavy (non-hydrogen) atoms. The summed E-state index contributed by atoms with van der Waals surface area (Å²) in [6, 6.07) is 15.5. The molecule has 7 heteroatoms. The molecular formula is C28H36N2O5. The Hall–Kier alpha value is -3.35. The van der Waals surface area contributed by atoms with Gasteiger partial charge in [-0.25, -0.2) is 4.79 Å². The number of aliphatic carboxylic acids is 1. The molecule has 0 aromatic heterocycles. The van der Waals surface area contributed by atoms with Crippen LogP contribution in [0.15, 0.2) is 48.5 Å². The topological polar surface area (TPSA) is 105 Å². The molecule has 1 aliphatic rings. The van der Waals surface area contributed by atoms with Crippen LogP contribution >= 0.6 is 0 Å². The van der Waals surface area contributed by atoms with Crippen molar-refractivity contribution in [2.24, 2.45) is 5.92 Å². The number of benzene rings is 2. The molecule has 0 spiro atoms. The van der Waals surface area contributed by atoms with Gasteiger partial charge in [0.25, 0.3) is 0 Å². The number of fused-ring (bicyclic) bond motifs is 3. The fourth-order valence-corrected chi connectivity index (χ4v) is 4.61. The van der Waals surface area contributed by atoms with Crippen LogP contribution in [0.2, 0.25) is 0 Å². The van der Waals surface area contributed by atoms with E-state index in [-0.39, 0.29) is 43.2 Å². The Morgan fingerprint density at radius 1 is 0.943 bits per heavy atom. The zero-order valence-corrected chi connectivity index (χ0v) is 20.8. The van der Waals surface area contributed by atoms with Crippen LogP contribution in [-0.4, -0.2) is 41.8 Å². The summed E-state index contributed by atoms with van der Waals surface area (Å²) in [5, 5.41) is 14.8. The lowest BCUT2D eigenvalue weighted by Crippen LogP contribution is -2.44. The van der Waals surface area contributed by atoms with E-state index >= 15 is 0 Å². The van der Waals surface area contributed by atoms with Gasteiger partial charge in [-0.3, -0.25) is 9.59 Å². The number of nitrogens with one attached hydrogen (secondary N) is 2. The Morgan fingerprint density at radius 3 is 2.09 bits per heavy atom. The number of carboxylic acid groups (broad SMARTS) is 1. The van der Waals surface area contributed by atoms with Crippen molar-refractivity contribution < 1.29 is 24.2 Å². The minimum Gasteiger partial charge on any atom is -0.481 e. The number of amides is 2. The predicted molar refractivity (Wildman–Crippen MR) is 135 cm³/mol. The molecule has 0 unspecified atom stereocenters. The molecule has 2 aromatic rings. The number of carboxylic acids is 1. The van der Waals surface area contributed by atoms with Crippen molar-refractivity contribution in [3.8, 4) is 11.1 Å². The van der Waals surface area contributed by atoms with Crippen LogP contribution in [0.1, 0.15) is 69.9 Å². The van der Waals surface area contributed by atoms with E-state index < -0.39 is 18.1 Å². The highest BCUT2D eigenvalue weighted by atomic mass is 16.5. The lowest BCUT2D eigenvalue weighted by atomic mass is 9.98. The molecule has 0 radical (unpaired) electrons. The van der Waals surface area contributed by atoms with E-state index in [0.29, 0.717) is 6.42 Å². The van der Waals surface area contributed by atoms with Crippen molar-refractivity contribution in [1.82, 2.24) is 10.6 Å². The molecule has 0 saturated carbocycles. The van der Waals surface area contributed by atoms with Crippen LogP contribution in [0.5, 0.6) is 0 Å². The van der Waals surface area contributed by atoms with Gasteiger partial charge in [-0.2, -0.15) is 0 Å². The predicted octanol–water partition coefficient (Wildman–Crippen LogP) is 5.09. The first-order chi connectivity index (χ1) is 16.8. The molecule has 0 heterocycles. The average molecular weight is 481 g/mol. The number of hydrogen-bond acceptors (Lipinski definition) is 4. The van der Waals surface area contributed by atoms with Crippen molar-refractivity contribution in [2.45, 2.75) is 70.9 Å². The average Bonchev–Trinajstić information content (AvgIpc) is 3.14. The van der Waals surface area contributed by atoms with Crippen molar-refractivity contribution >= 4 is 18.0 Å². The van der Waals surface area contributed by atoms with Gasteiger partial charge in [0.15, 0.2) is 0 Å². The maximum Gasteiger partial charge on any atom is 0.407 e. The van der Waals surface area contributed by atoms with Gasteiger partial charge in [0.2, 0.25) is 5.91 Å². The zero-order valence-electron chi connectivity index (χ0n) is 20.8. The standard InChI is InChI=1S/C28H36N2O5/c1-4-5-10-19(15-26(31)30-25(18(2)3)16-27(32)33)29-28(34)35-17-24-22-13-8-6-11-20(22)21-12-7-9-14-23(21)24/h6-9,11-14,18-19,24-25H,4-5,10,15-17H2,1-3H3,(H,29,34)(H,30,31)(H,32,33)/t19-,25-/m1/s1. The summed E-state index contributed by atoms with van der Waals surface area (Å²) in [4.78, 5) is 36.5. The molecule has 0 saturated heterocycles. The number of hydrogen-bond donors (Lipinski definition) is 3. The fraction of sp³-hybridized carbons (Fsp3) is 0.464. The van der Waals surface area contributed by atoms with E-state index in [1.54, 1.807) is 0 Å². The Balaban J connectivity index is 1.60. The Bertz CT molecular complexity index is 990. The second-order valence-corrected chi connectivity index (χ2v) is 9.53. The minimum absolute atomic E-state index is 0.0146. The lowest BCUT2D eigenvalue weighted by Gasteiger charge is -2.23. The van der Waals surface area contributed by atoms with Gasteiger partial charge in [0, 0.05) is 24.4 Å². The van der Waals surface area contributed by atoms with Gasteiger partial charge in [0.1, 0.15) is 6.61 Å². The normalized spacial score (nSPS) is 14.1. The number of carbonyl (C=O) groups is 3. The summed E-state index contributed by atoms with van der Waals surface area (Å²) in [6.07, 6.45) is 1.81. The number of alkyl carbamates (subject to hydrolysis) is 1. The van der Waals surface area contributed by atoms with Crippen molar-refractivity contribution in [2.75, 3.05) is 6.61 Å². The fourth-order valence-electron chi connectivity index (χ4n) is 4.61. The maximum atomic E-state index is 12.7. The second kappa shape index (κ2) is 12.4. The number of ether oxygens (including phenoxy) is 1. The van der Waals surface area contributed by atoms with E-state index in [1.165, 1.54) is 0 Å². The van der Waals surface area contributed by atoms with Crippen LogP contribution in [0.3, 0.4) is 0 Å². The quantitative estimate of drug-likeness (QED) is 0.392. The van der Waals surface area contributed by atoms with Gasteiger partial charge >= 0.3 is 12.1 Å². The summed E-state index contributed by atoms with van der Waals surface area (Å²) in [5.74, 6) is -1.28. The molecule has 3 rings (SSSR count). The Morgan fingerprint density at radius 2 is 1.54 bits per heavy atom. The zero-order chi connectivity index (χ0) is 25.4. The highest BCUT2D eigenvalue weighted by Gasteiger charge is 2.29. The Labute approximate surface area is 207 Å². The van der Waals surface area contributed by atoms with Crippen LogP contribution in [0, 0.1) is 5.92 Å². The molecular weight excluding hydrogens is 444 g/mol. The first-order valence-electron chi connectivity index (χ1n) is 12.4. The van der Waals surface area contributed by atoms with E-state index in [0.717, 1.165) is 35.1 Å². The molecule has 188 valence electrons. The van der Waals surface area contributed by atoms with Gasteiger partial charge in [-0.05, 0) is 34.6 Å². The molecule has 0 fully saturated rings. The van der Waals surface area contributed by atoms with Gasteiger partial charge in [0.05, 0.1) is 6.42 Å². The summed E-state index contributed by atoms with van der Waals surface area (Å²) < 4.78 is 5.64. The Kier molecular flexibility index (Phi) is 9.29. The highest BCUT2D eigenvalue weighted by Crippen LogP contribution is 2.44. The molecule has 2 atom stereocenters. The van der Waals surface area contributed by atoms with Gasteiger partial charge in [-0.1, -0.05) is 82.1 Å². The summed E-state index contributed by atoms with van der Waals surface area (Å²) in [5.41, 5.74) is 4.61. The molecule has 1 aliphatic carbocycles. The van der Waals surface area contributed by atoms with E-state index in [4.69, 9.17) is 9.84 Å². The van der Waals surface area contributed by atoms with Crippen LogP contribution in [0.25, 0.3) is 11.1 Å². The monoisotopic (exact) mass is 480 g/mol. The highest BCUT2D eigenvalue weighted by molar-refractivity contribution is 5.80. The van der Waals surface area contributed by atoms with Crippen molar-refractivity contribution in [1.29, 1.82) is 0 Å². The van der Waals surface area contributed by atoms with Crippen molar-refractivity contribution in [3.63, 3.8) is 0 Å². The largest absolute Gasteiger partial charge is 0.481 e. The van der Waals surface area contributed by atoms with E-state index in [2.05, 4.69) is 34.9 Å². The van der Waals surface area contributed by atoms with E-state index in [9.17, 15) is 14.4 Å². The first kappa shape index (κ1) is 26.3. The minimum atomic E-state index is -0.955. The molecule has 2 amide bonds. The molecule has 7 nitrogen and oxygen atoms in total. The van der Waals surface area contributed by atoms with Crippen LogP contribution in [0.4, 0.5) is 4.79 Å². The number of unbranched alkanes of at least 4 members (excludes halogenated alkanes) is 1. The number of carbonyl (C=O) groups excluding carboxylic acids is 2. The number of rotatable bonds is 12. The van der Waals surface area contributed by atoms with Gasteiger partial charge in [-0.15, -0.1) is 0 Å². The van der Waals surface area contributed by atoms with Crippen LogP contribution in [-0.2, 0) is 14.3 Å². The smallest absolute Gasteiger partial charge is 0.407 e. The van der Waals surface area contributed by atoms with Crippen LogP contribution < -0.4 is 10.6 Å². The molecule has 2 aromatic carbocycles. The second-order valence-electron chi connectivity index (χ2n) is 9.53. The van der Waals surface area contributed by atoms with Crippen molar-refractivity contribution in [3.05, 3.63) is 59.7 Å².